The molecule has 112 valence electrons. The molecule has 0 saturated heterocycles. The molecule has 5 heteroatoms. The summed E-state index contributed by atoms with van der Waals surface area (Å²) in [5.74, 6) is -0.903. The van der Waals surface area contributed by atoms with E-state index in [4.69, 9.17) is 0 Å². The fourth-order valence-corrected chi connectivity index (χ4v) is 2.43. The zero-order chi connectivity index (χ0) is 15.6. The molecule has 0 aliphatic rings. The van der Waals surface area contributed by atoms with Crippen molar-refractivity contribution in [3.05, 3.63) is 46.0 Å². The van der Waals surface area contributed by atoms with Crippen molar-refractivity contribution in [3.63, 3.8) is 0 Å². The van der Waals surface area contributed by atoms with Crippen molar-refractivity contribution in [1.82, 2.24) is 9.88 Å². The number of halogens is 1. The van der Waals surface area contributed by atoms with E-state index in [-0.39, 0.29) is 17.0 Å². The van der Waals surface area contributed by atoms with Crippen LogP contribution in [0.1, 0.15) is 37.0 Å². The van der Waals surface area contributed by atoms with Gasteiger partial charge >= 0.3 is 0 Å². The molecule has 1 atom stereocenters. The highest BCUT2D eigenvalue weighted by Gasteiger charge is 2.16. The number of benzene rings is 1. The first-order valence-electron chi connectivity index (χ1n) is 7.03. The molecule has 0 saturated carbocycles. The number of pyridine rings is 1. The van der Waals surface area contributed by atoms with Crippen LogP contribution in [0.15, 0.2) is 29.2 Å². The third-order valence-corrected chi connectivity index (χ3v) is 3.49. The topological polar surface area (TPSA) is 51.1 Å². The molecule has 0 unspecified atom stereocenters. The number of nitrogens with zero attached hydrogens (tertiary/aromatic N) is 1. The minimum absolute atomic E-state index is 0.00425. The van der Waals surface area contributed by atoms with Gasteiger partial charge in [0.1, 0.15) is 11.4 Å². The lowest BCUT2D eigenvalue weighted by Crippen LogP contribution is -2.35. The van der Waals surface area contributed by atoms with Gasteiger partial charge < -0.3 is 9.88 Å². The molecule has 0 spiro atoms. The lowest BCUT2D eigenvalue weighted by Gasteiger charge is -2.14. The van der Waals surface area contributed by atoms with Crippen LogP contribution in [0.25, 0.3) is 10.9 Å². The zero-order valence-electron chi connectivity index (χ0n) is 12.4. The van der Waals surface area contributed by atoms with E-state index in [0.29, 0.717) is 5.52 Å². The number of fused-ring (bicyclic) bond motifs is 1. The first-order valence-corrected chi connectivity index (χ1v) is 7.03. The van der Waals surface area contributed by atoms with E-state index in [1.807, 2.05) is 13.8 Å². The Morgan fingerprint density at radius 2 is 2.14 bits per heavy atom. The summed E-state index contributed by atoms with van der Waals surface area (Å²) in [7, 11) is 1.73. The summed E-state index contributed by atoms with van der Waals surface area (Å²) < 4.78 is 15.0. The first kappa shape index (κ1) is 15.2. The standard InChI is InChI=1S/C16H19FN2O2/c1-4-5-10(2)18-16(21)13-9-19(3)14-7-6-11(17)8-12(14)15(13)20/h6-10H,4-5H2,1-3H3,(H,18,21)/t10-/m1/s1. The molecule has 1 aromatic carbocycles. The lowest BCUT2D eigenvalue weighted by atomic mass is 10.1. The Balaban J connectivity index is 2.48. The number of aromatic nitrogens is 1. The Hall–Kier alpha value is -2.17. The van der Waals surface area contributed by atoms with Crippen LogP contribution in [0.4, 0.5) is 4.39 Å². The van der Waals surface area contributed by atoms with Crippen molar-refractivity contribution < 1.29 is 9.18 Å². The van der Waals surface area contributed by atoms with Crippen molar-refractivity contribution in [2.45, 2.75) is 32.7 Å². The van der Waals surface area contributed by atoms with E-state index in [9.17, 15) is 14.0 Å². The number of nitrogens with one attached hydrogen (secondary N) is 1. The van der Waals surface area contributed by atoms with Gasteiger partial charge in [-0.1, -0.05) is 13.3 Å². The molecule has 0 bridgehead atoms. The van der Waals surface area contributed by atoms with Gasteiger partial charge in [-0.15, -0.1) is 0 Å². The SMILES string of the molecule is CCC[C@@H](C)NC(=O)c1cn(C)c2ccc(F)cc2c1=O. The van der Waals surface area contributed by atoms with Crippen LogP contribution in [0.5, 0.6) is 0 Å². The van der Waals surface area contributed by atoms with Crippen LogP contribution in [0.2, 0.25) is 0 Å². The van der Waals surface area contributed by atoms with Gasteiger partial charge in [0.2, 0.25) is 5.43 Å². The largest absolute Gasteiger partial charge is 0.350 e. The average Bonchev–Trinajstić information content (AvgIpc) is 2.42. The molecule has 2 rings (SSSR count). The molecule has 0 radical (unpaired) electrons. The van der Waals surface area contributed by atoms with Crippen LogP contribution in [0, 0.1) is 5.82 Å². The zero-order valence-corrected chi connectivity index (χ0v) is 12.4. The molecule has 4 nitrogen and oxygen atoms in total. The monoisotopic (exact) mass is 290 g/mol. The molecular formula is C16H19FN2O2. The number of hydrogen-bond donors (Lipinski definition) is 1. The minimum atomic E-state index is -0.489. The number of aryl methyl sites for hydroxylation is 1. The van der Waals surface area contributed by atoms with Gasteiger partial charge in [-0.2, -0.15) is 0 Å². The first-order chi connectivity index (χ1) is 9.93. The van der Waals surface area contributed by atoms with Crippen LogP contribution in [-0.4, -0.2) is 16.5 Å². The molecule has 1 amide bonds. The molecule has 1 aromatic heterocycles. The number of amides is 1. The summed E-state index contributed by atoms with van der Waals surface area (Å²) in [6, 6.07) is 4.00. The molecule has 21 heavy (non-hydrogen) atoms. The lowest BCUT2D eigenvalue weighted by molar-refractivity contribution is 0.0936. The van der Waals surface area contributed by atoms with Gasteiger partial charge in [-0.05, 0) is 31.5 Å². The number of rotatable bonds is 4. The summed E-state index contributed by atoms with van der Waals surface area (Å²) >= 11 is 0. The smallest absolute Gasteiger partial charge is 0.256 e. The Morgan fingerprint density at radius 1 is 1.43 bits per heavy atom. The maximum absolute atomic E-state index is 13.3. The van der Waals surface area contributed by atoms with E-state index < -0.39 is 17.2 Å². The van der Waals surface area contributed by atoms with Gasteiger partial charge in [-0.3, -0.25) is 9.59 Å². The van der Waals surface area contributed by atoms with E-state index in [1.54, 1.807) is 11.6 Å². The Bertz CT molecular complexity index is 737. The van der Waals surface area contributed by atoms with E-state index in [1.165, 1.54) is 24.4 Å². The van der Waals surface area contributed by atoms with E-state index in [2.05, 4.69) is 5.32 Å². The minimum Gasteiger partial charge on any atom is -0.350 e. The van der Waals surface area contributed by atoms with Crippen molar-refractivity contribution >= 4 is 16.8 Å². The Labute approximate surface area is 122 Å². The average molecular weight is 290 g/mol. The summed E-state index contributed by atoms with van der Waals surface area (Å²) in [4.78, 5) is 24.6. The van der Waals surface area contributed by atoms with Crippen molar-refractivity contribution in [2.24, 2.45) is 7.05 Å². The van der Waals surface area contributed by atoms with Gasteiger partial charge in [-0.25, -0.2) is 4.39 Å². The Morgan fingerprint density at radius 3 is 2.81 bits per heavy atom. The molecule has 2 aromatic rings. The summed E-state index contributed by atoms with van der Waals surface area (Å²) in [5.41, 5.74) is 0.196. The highest BCUT2D eigenvalue weighted by atomic mass is 19.1. The quantitative estimate of drug-likeness (QED) is 0.941. The molecule has 0 fully saturated rings. The molecule has 1 N–H and O–H groups in total. The van der Waals surface area contributed by atoms with Gasteiger partial charge in [0.25, 0.3) is 5.91 Å². The maximum Gasteiger partial charge on any atom is 0.256 e. The number of hydrogen-bond acceptors (Lipinski definition) is 2. The summed E-state index contributed by atoms with van der Waals surface area (Å²) in [6.45, 7) is 3.92. The van der Waals surface area contributed by atoms with Gasteiger partial charge in [0, 0.05) is 24.7 Å². The van der Waals surface area contributed by atoms with Crippen molar-refractivity contribution in [3.8, 4) is 0 Å². The third kappa shape index (κ3) is 3.12. The van der Waals surface area contributed by atoms with Crippen LogP contribution < -0.4 is 10.7 Å². The second-order valence-electron chi connectivity index (χ2n) is 5.31. The number of carbonyl (C=O) groups is 1. The second-order valence-corrected chi connectivity index (χ2v) is 5.31. The van der Waals surface area contributed by atoms with Gasteiger partial charge in [0.15, 0.2) is 0 Å². The third-order valence-electron chi connectivity index (χ3n) is 3.49. The van der Waals surface area contributed by atoms with E-state index in [0.717, 1.165) is 12.8 Å². The van der Waals surface area contributed by atoms with Crippen LogP contribution in [0.3, 0.4) is 0 Å². The van der Waals surface area contributed by atoms with Gasteiger partial charge in [0.05, 0.1) is 5.52 Å². The predicted molar refractivity (Wildman–Crippen MR) is 81.0 cm³/mol. The molecule has 0 aliphatic carbocycles. The normalized spacial score (nSPS) is 12.4. The summed E-state index contributed by atoms with van der Waals surface area (Å²) in [6.07, 6.45) is 3.28. The maximum atomic E-state index is 13.3. The predicted octanol–water partition coefficient (Wildman–Crippen LogP) is 2.60. The number of carbonyl (C=O) groups excluding carboxylic acids is 1. The highest BCUT2D eigenvalue weighted by Crippen LogP contribution is 2.12. The van der Waals surface area contributed by atoms with E-state index >= 15 is 0 Å². The van der Waals surface area contributed by atoms with Crippen LogP contribution >= 0.6 is 0 Å². The molecule has 1 heterocycles. The molecular weight excluding hydrogens is 271 g/mol. The Kier molecular flexibility index (Phi) is 4.40. The fourth-order valence-electron chi connectivity index (χ4n) is 2.43. The van der Waals surface area contributed by atoms with Crippen molar-refractivity contribution in [2.75, 3.05) is 0 Å². The van der Waals surface area contributed by atoms with Crippen LogP contribution in [-0.2, 0) is 7.05 Å². The summed E-state index contributed by atoms with van der Waals surface area (Å²) in [5, 5.41) is 3.01. The van der Waals surface area contributed by atoms with Crippen molar-refractivity contribution in [1.29, 1.82) is 0 Å². The highest BCUT2D eigenvalue weighted by molar-refractivity contribution is 5.97. The fraction of sp³-hybridized carbons (Fsp3) is 0.375. The second kappa shape index (κ2) is 6.08. The molecule has 0 aliphatic heterocycles.